The highest BCUT2D eigenvalue weighted by molar-refractivity contribution is 5.85. The molecule has 0 saturated carbocycles. The maximum Gasteiger partial charge on any atom is 0.0786 e. The fourth-order valence-corrected chi connectivity index (χ4v) is 6.16. The minimum Gasteiger partial charge on any atom is -0.545 e. The Morgan fingerprint density at radius 2 is 0.714 bits per heavy atom. The summed E-state index contributed by atoms with van der Waals surface area (Å²) in [5, 5.41) is 10.1. The number of carbonyl (C=O) groups excluding carboxylic acids is 1. The van der Waals surface area contributed by atoms with Crippen molar-refractivity contribution in [3.8, 4) is 0 Å². The molecule has 0 amide bonds. The van der Waals surface area contributed by atoms with Crippen molar-refractivity contribution in [1.82, 2.24) is 0 Å². The summed E-state index contributed by atoms with van der Waals surface area (Å²) >= 11 is 0. The number of rotatable bonds is 29. The van der Waals surface area contributed by atoms with E-state index in [-0.39, 0.29) is 5.56 Å². The second kappa shape index (κ2) is 31.1. The minimum absolute atomic E-state index is 0.220. The van der Waals surface area contributed by atoms with Gasteiger partial charge in [0.05, 0.1) is 32.1 Å². The smallest absolute Gasteiger partial charge is 0.0786 e. The van der Waals surface area contributed by atoms with Crippen molar-refractivity contribution in [3.63, 3.8) is 0 Å². The van der Waals surface area contributed by atoms with Crippen molar-refractivity contribution in [1.29, 1.82) is 0 Å². The van der Waals surface area contributed by atoms with E-state index in [0.717, 1.165) is 0 Å². The van der Waals surface area contributed by atoms with Gasteiger partial charge in [-0.05, 0) is 56.9 Å². The number of carbonyl (C=O) groups is 1. The molecule has 0 fully saturated rings. The summed E-state index contributed by atoms with van der Waals surface area (Å²) in [5.74, 6) is -1.13. The molecule has 0 aromatic heterocycles. The van der Waals surface area contributed by atoms with E-state index >= 15 is 0 Å². The van der Waals surface area contributed by atoms with Crippen LogP contribution in [-0.2, 0) is 0 Å². The van der Waals surface area contributed by atoms with Crippen LogP contribution in [0.1, 0.15) is 192 Å². The van der Waals surface area contributed by atoms with Gasteiger partial charge in [0.15, 0.2) is 0 Å². The lowest BCUT2D eigenvalue weighted by atomic mass is 10.0. The minimum atomic E-state index is -1.13. The molecule has 42 heavy (non-hydrogen) atoms. The highest BCUT2D eigenvalue weighted by atomic mass is 16.4. The zero-order valence-corrected chi connectivity index (χ0v) is 28.9. The average molecular weight is 588 g/mol. The first-order valence-corrected chi connectivity index (χ1v) is 18.7. The Morgan fingerprint density at radius 3 is 0.976 bits per heavy atom. The van der Waals surface area contributed by atoms with Crippen LogP contribution >= 0.6 is 0 Å². The molecule has 0 unspecified atom stereocenters. The molecule has 1 aromatic rings. The van der Waals surface area contributed by atoms with E-state index in [2.05, 4.69) is 27.7 Å². The number of hydrogen-bond acceptors (Lipinski definition) is 2. The van der Waals surface area contributed by atoms with Gasteiger partial charge < -0.3 is 14.4 Å². The van der Waals surface area contributed by atoms with Gasteiger partial charge in [-0.2, -0.15) is 0 Å². The zero-order chi connectivity index (χ0) is 31.0. The highest BCUT2D eigenvalue weighted by Gasteiger charge is 2.25. The SMILES string of the molecule is CCCCCCCCCCCCCC[N+](CCCCCC)(CCCCCC)CCCCCC.O=C([O-])c1ccccc1. The van der Waals surface area contributed by atoms with Crippen molar-refractivity contribution in [2.45, 2.75) is 182 Å². The third-order valence-electron chi connectivity index (χ3n) is 8.95. The quantitative estimate of drug-likeness (QED) is 0.0691. The van der Waals surface area contributed by atoms with Gasteiger partial charge in [-0.3, -0.25) is 0 Å². The van der Waals surface area contributed by atoms with E-state index < -0.39 is 5.97 Å². The van der Waals surface area contributed by atoms with Gasteiger partial charge in [-0.15, -0.1) is 0 Å². The molecule has 0 aliphatic heterocycles. The van der Waals surface area contributed by atoms with Crippen molar-refractivity contribution in [2.75, 3.05) is 26.2 Å². The molecule has 1 rings (SSSR count). The molecule has 0 aliphatic rings. The number of quaternary nitrogens is 1. The van der Waals surface area contributed by atoms with Crippen LogP contribution in [0.25, 0.3) is 0 Å². The van der Waals surface area contributed by atoms with Crippen LogP contribution in [0, 0.1) is 0 Å². The molecule has 246 valence electrons. The molecular weight excluding hydrogens is 514 g/mol. The lowest BCUT2D eigenvalue weighted by molar-refractivity contribution is -0.929. The first-order valence-electron chi connectivity index (χ1n) is 18.7. The molecule has 0 bridgehead atoms. The maximum atomic E-state index is 10.1. The Labute approximate surface area is 263 Å². The number of carboxylic acid groups (broad SMARTS) is 1. The van der Waals surface area contributed by atoms with Gasteiger partial charge in [-0.1, -0.05) is 161 Å². The molecule has 3 nitrogen and oxygen atoms in total. The predicted octanol–water partition coefficient (Wildman–Crippen LogP) is 11.3. The van der Waals surface area contributed by atoms with Gasteiger partial charge >= 0.3 is 0 Å². The van der Waals surface area contributed by atoms with E-state index in [1.54, 1.807) is 18.2 Å². The summed E-state index contributed by atoms with van der Waals surface area (Å²) in [6.07, 6.45) is 34.8. The fraction of sp³-hybridized carbons (Fsp3) is 0.821. The first kappa shape index (κ1) is 40.6. The standard InChI is InChI=1S/C32H68N.C7H6O2/c1-5-9-13-17-18-19-20-21-22-23-24-28-32-33(29-25-14-10-6-2,30-26-15-11-7-3)31-27-16-12-8-4;8-7(9)6-4-2-1-3-5-6/h5-32H2,1-4H3;1-5H,(H,8,9)/q+1;/p-1. The Hall–Kier alpha value is -1.35. The van der Waals surface area contributed by atoms with Crippen molar-refractivity contribution < 1.29 is 14.4 Å². The summed E-state index contributed by atoms with van der Waals surface area (Å²) in [7, 11) is 0. The summed E-state index contributed by atoms with van der Waals surface area (Å²) in [4.78, 5) is 10.1. The van der Waals surface area contributed by atoms with E-state index in [1.807, 2.05) is 0 Å². The average Bonchev–Trinajstić information content (AvgIpc) is 3.01. The van der Waals surface area contributed by atoms with Crippen LogP contribution in [0.5, 0.6) is 0 Å². The second-order valence-corrected chi connectivity index (χ2v) is 13.0. The molecule has 0 atom stereocenters. The second-order valence-electron chi connectivity index (χ2n) is 13.0. The Morgan fingerprint density at radius 1 is 0.452 bits per heavy atom. The summed E-state index contributed by atoms with van der Waals surface area (Å²) in [6, 6.07) is 8.06. The third kappa shape index (κ3) is 25.2. The number of carboxylic acids is 1. The number of hydrogen-bond donors (Lipinski definition) is 0. The van der Waals surface area contributed by atoms with Crippen LogP contribution in [0.4, 0.5) is 0 Å². The van der Waals surface area contributed by atoms with Crippen LogP contribution < -0.4 is 5.11 Å². The van der Waals surface area contributed by atoms with Gasteiger partial charge in [0.25, 0.3) is 0 Å². The Balaban J connectivity index is 0.00000157. The molecule has 0 N–H and O–H groups in total. The number of benzene rings is 1. The Kier molecular flexibility index (Phi) is 30.1. The number of aromatic carboxylic acids is 1. The van der Waals surface area contributed by atoms with Gasteiger partial charge in [0.1, 0.15) is 0 Å². The van der Waals surface area contributed by atoms with Crippen molar-refractivity contribution in [3.05, 3.63) is 35.9 Å². The van der Waals surface area contributed by atoms with Crippen molar-refractivity contribution in [2.24, 2.45) is 0 Å². The monoisotopic (exact) mass is 588 g/mol. The normalized spacial score (nSPS) is 11.3. The van der Waals surface area contributed by atoms with Gasteiger partial charge in [0.2, 0.25) is 0 Å². The fourth-order valence-electron chi connectivity index (χ4n) is 6.16. The van der Waals surface area contributed by atoms with Crippen LogP contribution in [0.15, 0.2) is 30.3 Å². The zero-order valence-electron chi connectivity index (χ0n) is 28.9. The lowest BCUT2D eigenvalue weighted by Crippen LogP contribution is -2.50. The van der Waals surface area contributed by atoms with Crippen LogP contribution in [0.3, 0.4) is 0 Å². The summed E-state index contributed by atoms with van der Waals surface area (Å²) < 4.78 is 1.47. The van der Waals surface area contributed by atoms with Crippen LogP contribution in [0.2, 0.25) is 0 Å². The number of nitrogens with zero attached hydrogens (tertiary/aromatic N) is 1. The predicted molar refractivity (Wildman–Crippen MR) is 184 cm³/mol. The summed E-state index contributed by atoms with van der Waals surface area (Å²) in [6.45, 7) is 15.2. The summed E-state index contributed by atoms with van der Waals surface area (Å²) in [5.41, 5.74) is 0.220. The number of unbranched alkanes of at least 4 members (excludes halogenated alkanes) is 20. The van der Waals surface area contributed by atoms with E-state index in [1.165, 1.54) is 197 Å². The van der Waals surface area contributed by atoms with Gasteiger partial charge in [-0.25, -0.2) is 0 Å². The van der Waals surface area contributed by atoms with E-state index in [4.69, 9.17) is 0 Å². The molecule has 0 heterocycles. The topological polar surface area (TPSA) is 40.1 Å². The largest absolute Gasteiger partial charge is 0.545 e. The maximum absolute atomic E-state index is 10.1. The van der Waals surface area contributed by atoms with Crippen LogP contribution in [-0.4, -0.2) is 36.6 Å². The Bertz CT molecular complexity index is 643. The van der Waals surface area contributed by atoms with Crippen molar-refractivity contribution >= 4 is 5.97 Å². The van der Waals surface area contributed by atoms with E-state index in [0.29, 0.717) is 0 Å². The molecule has 1 aromatic carbocycles. The molecule has 3 heteroatoms. The molecule has 0 radical (unpaired) electrons. The lowest BCUT2D eigenvalue weighted by Gasteiger charge is -2.39. The molecule has 0 aliphatic carbocycles. The third-order valence-corrected chi connectivity index (χ3v) is 8.95. The van der Waals surface area contributed by atoms with Gasteiger partial charge in [0, 0.05) is 0 Å². The first-order chi connectivity index (χ1) is 20.5. The molecule has 0 saturated heterocycles. The molecule has 0 spiro atoms. The molecular formula is C39H73NO2. The van der Waals surface area contributed by atoms with E-state index in [9.17, 15) is 9.90 Å². The highest BCUT2D eigenvalue weighted by Crippen LogP contribution is 2.20.